The van der Waals surface area contributed by atoms with Gasteiger partial charge in [0.25, 0.3) is 0 Å². The summed E-state index contributed by atoms with van der Waals surface area (Å²) in [6, 6.07) is 15.5. The Labute approximate surface area is 248 Å². The lowest BCUT2D eigenvalue weighted by molar-refractivity contribution is -0.129. The van der Waals surface area contributed by atoms with Crippen molar-refractivity contribution in [3.8, 4) is 6.01 Å². The van der Waals surface area contributed by atoms with Crippen molar-refractivity contribution < 1.29 is 9.53 Å². The highest BCUT2D eigenvalue weighted by molar-refractivity contribution is 5.94. The number of hydrogen-bond acceptors (Lipinski definition) is 7. The first kappa shape index (κ1) is 28.0. The molecule has 2 saturated heterocycles. The van der Waals surface area contributed by atoms with Gasteiger partial charge >= 0.3 is 6.01 Å². The molecule has 9 heteroatoms. The minimum absolute atomic E-state index is 0.0801. The van der Waals surface area contributed by atoms with E-state index in [0.29, 0.717) is 50.4 Å². The van der Waals surface area contributed by atoms with Gasteiger partial charge in [0.1, 0.15) is 18.5 Å². The zero-order chi connectivity index (χ0) is 29.2. The number of nitrogens with zero attached hydrogens (tertiary/aromatic N) is 7. The first-order valence-corrected chi connectivity index (χ1v) is 14.9. The van der Waals surface area contributed by atoms with Crippen molar-refractivity contribution in [1.29, 1.82) is 0 Å². The van der Waals surface area contributed by atoms with Gasteiger partial charge < -0.3 is 29.2 Å². The number of carbonyl (C=O) groups is 1. The van der Waals surface area contributed by atoms with Crippen LogP contribution in [0.3, 0.4) is 0 Å². The Balaban J connectivity index is 1.32. The van der Waals surface area contributed by atoms with E-state index >= 15 is 0 Å². The number of aromatic nitrogens is 2. The number of hydrogen-bond donors (Lipinski definition) is 0. The largest absolute Gasteiger partial charge is 0.462 e. The minimum Gasteiger partial charge on any atom is -0.462 e. The maximum Gasteiger partial charge on any atom is 0.318 e. The van der Waals surface area contributed by atoms with Gasteiger partial charge in [-0.3, -0.25) is 4.79 Å². The molecule has 0 N–H and O–H groups in total. The van der Waals surface area contributed by atoms with Crippen LogP contribution >= 0.6 is 0 Å². The summed E-state index contributed by atoms with van der Waals surface area (Å²) in [4.78, 5) is 35.3. The monoisotopic (exact) mass is 565 g/mol. The van der Waals surface area contributed by atoms with Crippen LogP contribution in [0, 0.1) is 6.57 Å². The number of likely N-dealkylation sites (N-methyl/N-ethyl adjacent to an activating group) is 1. The van der Waals surface area contributed by atoms with E-state index in [9.17, 15) is 4.79 Å². The van der Waals surface area contributed by atoms with Gasteiger partial charge in [-0.25, -0.2) is 6.57 Å². The fourth-order valence-corrected chi connectivity index (χ4v) is 6.59. The van der Waals surface area contributed by atoms with Gasteiger partial charge in [0.15, 0.2) is 0 Å². The van der Waals surface area contributed by atoms with E-state index in [1.54, 1.807) is 11.8 Å². The lowest BCUT2D eigenvalue weighted by Crippen LogP contribution is -2.57. The summed E-state index contributed by atoms with van der Waals surface area (Å²) in [6.45, 7) is 18.2. The number of rotatable bonds is 7. The van der Waals surface area contributed by atoms with Crippen LogP contribution in [0.25, 0.3) is 15.6 Å². The first-order chi connectivity index (χ1) is 20.4. The molecule has 42 heavy (non-hydrogen) atoms. The molecule has 6 rings (SSSR count). The molecule has 0 radical (unpaired) electrons. The van der Waals surface area contributed by atoms with Crippen molar-refractivity contribution in [3.05, 3.63) is 77.3 Å². The Morgan fingerprint density at radius 1 is 1.07 bits per heavy atom. The summed E-state index contributed by atoms with van der Waals surface area (Å²) in [7, 11) is 2.14. The Hall–Kier alpha value is -4.16. The lowest BCUT2D eigenvalue weighted by Gasteiger charge is -2.41. The fraction of sp³-hybridized carbons (Fsp3) is 0.455. The van der Waals surface area contributed by atoms with Crippen molar-refractivity contribution in [1.82, 2.24) is 19.8 Å². The van der Waals surface area contributed by atoms with Crippen LogP contribution in [0.2, 0.25) is 0 Å². The molecule has 3 aliphatic rings. The molecule has 0 spiro atoms. The van der Waals surface area contributed by atoms with E-state index in [4.69, 9.17) is 21.3 Å². The van der Waals surface area contributed by atoms with Gasteiger partial charge in [-0.2, -0.15) is 9.97 Å². The summed E-state index contributed by atoms with van der Waals surface area (Å²) in [5, 5.41) is 2.46. The van der Waals surface area contributed by atoms with Crippen LogP contribution in [0.4, 0.5) is 11.5 Å². The summed E-state index contributed by atoms with van der Waals surface area (Å²) >= 11 is 0. The first-order valence-electron chi connectivity index (χ1n) is 14.9. The highest BCUT2D eigenvalue weighted by atomic mass is 16.5. The summed E-state index contributed by atoms with van der Waals surface area (Å²) in [5.41, 5.74) is 3.83. The maximum absolute atomic E-state index is 12.9. The second kappa shape index (κ2) is 12.0. The minimum atomic E-state index is -0.224. The molecule has 4 heterocycles. The average molecular weight is 566 g/mol. The predicted octanol–water partition coefficient (Wildman–Crippen LogP) is 4.18. The van der Waals surface area contributed by atoms with E-state index in [1.165, 1.54) is 22.9 Å². The maximum atomic E-state index is 12.9. The molecule has 9 nitrogen and oxygen atoms in total. The molecule has 0 aliphatic carbocycles. The summed E-state index contributed by atoms with van der Waals surface area (Å²) in [6.07, 6.45) is 3.09. The van der Waals surface area contributed by atoms with Crippen LogP contribution in [-0.4, -0.2) is 90.7 Å². The van der Waals surface area contributed by atoms with Crippen molar-refractivity contribution in [2.75, 3.05) is 62.7 Å². The molecular weight excluding hydrogens is 526 g/mol. The lowest BCUT2D eigenvalue weighted by atomic mass is 10.0. The number of carbonyl (C=O) groups excluding carboxylic acids is 1. The molecule has 1 unspecified atom stereocenters. The van der Waals surface area contributed by atoms with Gasteiger partial charge in [0.05, 0.1) is 12.2 Å². The Bertz CT molecular complexity index is 1530. The van der Waals surface area contributed by atoms with Crippen molar-refractivity contribution in [2.45, 2.75) is 44.8 Å². The number of ether oxygens (including phenoxy) is 1. The molecule has 1 aromatic heterocycles. The normalized spacial score (nSPS) is 20.8. The SMILES string of the molecule is [C-]#[N+]CC1CN(c2nc(OC[C@@H]3CCCN3C)nc3c2CCN(c2cccc4ccccc24)C3)CCN1C(=O)C(=C)C. The number of amides is 1. The van der Waals surface area contributed by atoms with Crippen molar-refractivity contribution >= 4 is 28.2 Å². The van der Waals surface area contributed by atoms with E-state index in [2.05, 4.69) is 75.6 Å². The topological polar surface area (TPSA) is 69.4 Å². The number of fused-ring (bicyclic) bond motifs is 2. The van der Waals surface area contributed by atoms with Gasteiger partial charge in [-0.05, 0) is 51.2 Å². The molecule has 1 amide bonds. The molecule has 2 aromatic carbocycles. The van der Waals surface area contributed by atoms with E-state index in [-0.39, 0.29) is 18.5 Å². The Morgan fingerprint density at radius 2 is 1.90 bits per heavy atom. The second-order valence-corrected chi connectivity index (χ2v) is 11.7. The molecule has 2 atom stereocenters. The van der Waals surface area contributed by atoms with Crippen LogP contribution < -0.4 is 14.5 Å². The van der Waals surface area contributed by atoms with Crippen LogP contribution in [0.5, 0.6) is 6.01 Å². The zero-order valence-corrected chi connectivity index (χ0v) is 24.6. The van der Waals surface area contributed by atoms with Gasteiger partial charge in [0.2, 0.25) is 12.5 Å². The molecule has 0 saturated carbocycles. The van der Waals surface area contributed by atoms with E-state index in [1.807, 2.05) is 0 Å². The summed E-state index contributed by atoms with van der Waals surface area (Å²) in [5.74, 6) is 0.799. The van der Waals surface area contributed by atoms with Crippen LogP contribution in [0.15, 0.2) is 54.6 Å². The molecule has 218 valence electrons. The highest BCUT2D eigenvalue weighted by Gasteiger charge is 2.35. The second-order valence-electron chi connectivity index (χ2n) is 11.7. The highest BCUT2D eigenvalue weighted by Crippen LogP contribution is 2.35. The summed E-state index contributed by atoms with van der Waals surface area (Å²) < 4.78 is 6.30. The molecule has 2 fully saturated rings. The fourth-order valence-electron chi connectivity index (χ4n) is 6.59. The Kier molecular flexibility index (Phi) is 7.98. The van der Waals surface area contributed by atoms with Crippen LogP contribution in [-0.2, 0) is 17.8 Å². The number of piperazine rings is 1. The number of anilines is 2. The Morgan fingerprint density at radius 3 is 2.69 bits per heavy atom. The van der Waals surface area contributed by atoms with Gasteiger partial charge in [-0.15, -0.1) is 0 Å². The third-order valence-corrected chi connectivity index (χ3v) is 8.92. The van der Waals surface area contributed by atoms with E-state index < -0.39 is 0 Å². The number of benzene rings is 2. The van der Waals surface area contributed by atoms with Crippen molar-refractivity contribution in [2.24, 2.45) is 0 Å². The molecule has 3 aromatic rings. The predicted molar refractivity (Wildman–Crippen MR) is 166 cm³/mol. The van der Waals surface area contributed by atoms with Gasteiger partial charge in [0, 0.05) is 54.4 Å². The standard InChI is InChI=1S/C33H39N7O2/c1-23(2)32(41)40-18-17-39(20-26(40)19-34-3)31-28-14-16-38(30-13-7-10-24-9-5-6-12-27(24)30)21-29(28)35-33(36-31)42-22-25-11-8-15-37(25)4/h5-7,9-10,12-13,25-26H,1,8,11,14-22H2,2,4H3/t25-,26?/m0/s1. The molecular formula is C33H39N7O2. The van der Waals surface area contributed by atoms with Crippen molar-refractivity contribution in [3.63, 3.8) is 0 Å². The quantitative estimate of drug-likeness (QED) is 0.315. The molecule has 3 aliphatic heterocycles. The smallest absolute Gasteiger partial charge is 0.318 e. The molecule has 0 bridgehead atoms. The van der Waals surface area contributed by atoms with Gasteiger partial charge in [-0.1, -0.05) is 43.0 Å². The zero-order valence-electron chi connectivity index (χ0n) is 24.6. The average Bonchev–Trinajstić information content (AvgIpc) is 3.43. The van der Waals surface area contributed by atoms with E-state index in [0.717, 1.165) is 43.0 Å². The number of likely N-dealkylation sites (tertiary alicyclic amines) is 1. The van der Waals surface area contributed by atoms with Crippen LogP contribution in [0.1, 0.15) is 31.0 Å². The third kappa shape index (κ3) is 5.51. The third-order valence-electron chi connectivity index (χ3n) is 8.92.